The first kappa shape index (κ1) is 12.3. The summed E-state index contributed by atoms with van der Waals surface area (Å²) in [7, 11) is 1.38. The summed E-state index contributed by atoms with van der Waals surface area (Å²) in [6, 6.07) is 1.28. The first-order valence-electron chi connectivity index (χ1n) is 4.48. The molecular formula is C9H11F2N3O2. The van der Waals surface area contributed by atoms with Crippen molar-refractivity contribution < 1.29 is 18.7 Å². The minimum absolute atomic E-state index is 0.0160. The van der Waals surface area contributed by atoms with Gasteiger partial charge in [-0.3, -0.25) is 0 Å². The second-order valence-electron chi connectivity index (χ2n) is 3.27. The number of halogens is 2. The van der Waals surface area contributed by atoms with Gasteiger partial charge in [-0.2, -0.15) is 0 Å². The van der Waals surface area contributed by atoms with E-state index in [4.69, 9.17) is 5.11 Å². The number of carboxylic acid groups (broad SMARTS) is 1. The van der Waals surface area contributed by atoms with E-state index >= 15 is 0 Å². The number of carbonyl (C=O) groups is 1. The van der Waals surface area contributed by atoms with Crippen LogP contribution in [0.4, 0.5) is 14.7 Å². The van der Waals surface area contributed by atoms with Crippen LogP contribution in [-0.2, 0) is 0 Å². The molecule has 0 amide bonds. The van der Waals surface area contributed by atoms with E-state index in [2.05, 4.69) is 9.97 Å². The van der Waals surface area contributed by atoms with Crippen LogP contribution in [0.2, 0.25) is 0 Å². The van der Waals surface area contributed by atoms with Gasteiger partial charge in [0.15, 0.2) is 5.69 Å². The second-order valence-corrected chi connectivity index (χ2v) is 3.27. The Bertz CT molecular complexity index is 398. The molecule has 1 aromatic rings. The summed E-state index contributed by atoms with van der Waals surface area (Å²) in [5, 5.41) is 8.74. The Kier molecular flexibility index (Phi) is 3.70. The molecule has 0 aliphatic rings. The van der Waals surface area contributed by atoms with Gasteiger partial charge in [0.1, 0.15) is 0 Å². The van der Waals surface area contributed by atoms with Crippen LogP contribution in [0.5, 0.6) is 0 Å². The van der Waals surface area contributed by atoms with Gasteiger partial charge in [-0.05, 0) is 13.0 Å². The minimum atomic E-state index is -2.53. The zero-order chi connectivity index (χ0) is 12.3. The summed E-state index contributed by atoms with van der Waals surface area (Å²) in [5.41, 5.74) is 0.215. The average Bonchev–Trinajstić information content (AvgIpc) is 2.15. The maximum Gasteiger partial charge on any atom is 0.354 e. The van der Waals surface area contributed by atoms with Gasteiger partial charge in [-0.15, -0.1) is 0 Å². The van der Waals surface area contributed by atoms with Crippen LogP contribution in [0.15, 0.2) is 6.07 Å². The lowest BCUT2D eigenvalue weighted by Crippen LogP contribution is -2.26. The third kappa shape index (κ3) is 3.11. The fourth-order valence-electron chi connectivity index (χ4n) is 1.12. The molecule has 1 heterocycles. The Labute approximate surface area is 90.7 Å². The monoisotopic (exact) mass is 231 g/mol. The first-order valence-corrected chi connectivity index (χ1v) is 4.48. The van der Waals surface area contributed by atoms with Crippen molar-refractivity contribution in [2.45, 2.75) is 13.3 Å². The zero-order valence-electron chi connectivity index (χ0n) is 8.81. The van der Waals surface area contributed by atoms with Gasteiger partial charge in [0.25, 0.3) is 6.43 Å². The Balaban J connectivity index is 3.00. The van der Waals surface area contributed by atoms with Gasteiger partial charge in [-0.1, -0.05) is 0 Å². The summed E-state index contributed by atoms with van der Waals surface area (Å²) in [4.78, 5) is 19.4. The molecule has 0 aromatic carbocycles. The van der Waals surface area contributed by atoms with Crippen molar-refractivity contribution >= 4 is 11.9 Å². The predicted octanol–water partition coefficient (Wildman–Crippen LogP) is 1.18. The highest BCUT2D eigenvalue weighted by Crippen LogP contribution is 2.10. The van der Waals surface area contributed by atoms with Crippen LogP contribution >= 0.6 is 0 Å². The van der Waals surface area contributed by atoms with Gasteiger partial charge in [0.05, 0.1) is 6.54 Å². The maximum absolute atomic E-state index is 12.1. The molecule has 1 N–H and O–H groups in total. The predicted molar refractivity (Wildman–Crippen MR) is 53.0 cm³/mol. The smallest absolute Gasteiger partial charge is 0.354 e. The molecule has 0 saturated heterocycles. The van der Waals surface area contributed by atoms with Crippen LogP contribution in [0.3, 0.4) is 0 Å². The quantitative estimate of drug-likeness (QED) is 0.842. The summed E-state index contributed by atoms with van der Waals surface area (Å²) in [6.07, 6.45) is -2.53. The number of aryl methyl sites for hydroxylation is 1. The molecule has 0 unspecified atom stereocenters. The lowest BCUT2D eigenvalue weighted by molar-refractivity contribution is 0.0690. The topological polar surface area (TPSA) is 66.3 Å². The molecule has 5 nitrogen and oxygen atoms in total. The lowest BCUT2D eigenvalue weighted by Gasteiger charge is -2.16. The lowest BCUT2D eigenvalue weighted by atomic mass is 10.3. The summed E-state index contributed by atoms with van der Waals surface area (Å²) >= 11 is 0. The fourth-order valence-corrected chi connectivity index (χ4v) is 1.12. The molecule has 88 valence electrons. The number of nitrogens with zero attached hydrogens (tertiary/aromatic N) is 3. The van der Waals surface area contributed by atoms with Gasteiger partial charge in [0, 0.05) is 12.7 Å². The zero-order valence-corrected chi connectivity index (χ0v) is 8.81. The van der Waals surface area contributed by atoms with Crippen LogP contribution in [-0.4, -0.2) is 41.1 Å². The summed E-state index contributed by atoms with van der Waals surface area (Å²) < 4.78 is 24.2. The molecular weight excluding hydrogens is 220 g/mol. The van der Waals surface area contributed by atoms with Crippen molar-refractivity contribution in [2.75, 3.05) is 18.5 Å². The summed E-state index contributed by atoms with van der Waals surface area (Å²) in [5.74, 6) is -1.23. The van der Waals surface area contributed by atoms with Crippen LogP contribution < -0.4 is 4.90 Å². The maximum atomic E-state index is 12.1. The third-order valence-electron chi connectivity index (χ3n) is 1.81. The molecule has 16 heavy (non-hydrogen) atoms. The van der Waals surface area contributed by atoms with Crippen LogP contribution in [0, 0.1) is 6.92 Å². The Morgan fingerprint density at radius 2 is 2.19 bits per heavy atom. The van der Waals surface area contributed by atoms with Gasteiger partial charge in [-0.25, -0.2) is 23.5 Å². The highest BCUT2D eigenvalue weighted by atomic mass is 19.3. The molecule has 7 heteroatoms. The molecule has 0 spiro atoms. The molecule has 0 atom stereocenters. The molecule has 0 bridgehead atoms. The van der Waals surface area contributed by atoms with E-state index in [0.717, 1.165) is 4.90 Å². The third-order valence-corrected chi connectivity index (χ3v) is 1.81. The van der Waals surface area contributed by atoms with Crippen molar-refractivity contribution in [3.05, 3.63) is 17.5 Å². The number of aromatic carboxylic acids is 1. The number of aromatic nitrogens is 2. The second kappa shape index (κ2) is 4.82. The van der Waals surface area contributed by atoms with Crippen LogP contribution in [0.1, 0.15) is 16.2 Å². The molecule has 0 fully saturated rings. The van der Waals surface area contributed by atoms with E-state index in [-0.39, 0.29) is 11.6 Å². The molecule has 1 rings (SSSR count). The number of rotatable bonds is 4. The highest BCUT2D eigenvalue weighted by molar-refractivity contribution is 5.85. The fraction of sp³-hybridized carbons (Fsp3) is 0.444. The molecule has 0 saturated carbocycles. The molecule has 0 radical (unpaired) electrons. The standard InChI is InChI=1S/C9H11F2N3O2/c1-5-3-6(8(15)16)13-9(12-5)14(2)4-7(10)11/h3,7H,4H2,1-2H3,(H,15,16). The normalized spacial score (nSPS) is 10.6. The number of carboxylic acids is 1. The van der Waals surface area contributed by atoms with E-state index in [9.17, 15) is 13.6 Å². The number of hydrogen-bond donors (Lipinski definition) is 1. The Hall–Kier alpha value is -1.79. The van der Waals surface area contributed by atoms with Gasteiger partial charge >= 0.3 is 5.97 Å². The van der Waals surface area contributed by atoms with Crippen molar-refractivity contribution in [3.8, 4) is 0 Å². The molecule has 0 aliphatic carbocycles. The largest absolute Gasteiger partial charge is 0.477 e. The average molecular weight is 231 g/mol. The van der Waals surface area contributed by atoms with Crippen molar-refractivity contribution in [1.29, 1.82) is 0 Å². The first-order chi connectivity index (χ1) is 7.40. The highest BCUT2D eigenvalue weighted by Gasteiger charge is 2.14. The van der Waals surface area contributed by atoms with Gasteiger partial charge < -0.3 is 10.0 Å². The van der Waals surface area contributed by atoms with Crippen molar-refractivity contribution in [1.82, 2.24) is 9.97 Å². The Morgan fingerprint density at radius 1 is 1.56 bits per heavy atom. The molecule has 0 aliphatic heterocycles. The van der Waals surface area contributed by atoms with E-state index in [1.54, 1.807) is 6.92 Å². The van der Waals surface area contributed by atoms with Crippen molar-refractivity contribution in [3.63, 3.8) is 0 Å². The molecule has 1 aromatic heterocycles. The summed E-state index contributed by atoms with van der Waals surface area (Å²) in [6.45, 7) is 1.04. The van der Waals surface area contributed by atoms with Gasteiger partial charge in [0.2, 0.25) is 5.95 Å². The minimum Gasteiger partial charge on any atom is -0.477 e. The number of anilines is 1. The Morgan fingerprint density at radius 3 is 2.69 bits per heavy atom. The van der Waals surface area contributed by atoms with E-state index in [0.29, 0.717) is 5.69 Å². The number of hydrogen-bond acceptors (Lipinski definition) is 4. The van der Waals surface area contributed by atoms with E-state index in [1.165, 1.54) is 13.1 Å². The van der Waals surface area contributed by atoms with E-state index < -0.39 is 18.9 Å². The SMILES string of the molecule is Cc1cc(C(=O)O)nc(N(C)CC(F)F)n1. The van der Waals surface area contributed by atoms with Crippen molar-refractivity contribution in [2.24, 2.45) is 0 Å². The number of alkyl halides is 2. The van der Waals surface area contributed by atoms with Crippen LogP contribution in [0.25, 0.3) is 0 Å². The van der Waals surface area contributed by atoms with E-state index in [1.807, 2.05) is 0 Å².